The maximum absolute atomic E-state index is 12.7. The molecule has 1 aromatic carbocycles. The summed E-state index contributed by atoms with van der Waals surface area (Å²) < 4.78 is 44.8. The molecule has 3 aromatic heterocycles. The topological polar surface area (TPSA) is 73.4 Å². The van der Waals surface area contributed by atoms with Crippen molar-refractivity contribution in [3.63, 3.8) is 0 Å². The van der Waals surface area contributed by atoms with E-state index < -0.39 is 12.7 Å². The molecule has 4 aromatic rings. The number of halogens is 3. The van der Waals surface area contributed by atoms with Gasteiger partial charge >= 0.3 is 6.18 Å². The number of nitrogens with zero attached hydrogens (tertiary/aromatic N) is 6. The van der Waals surface area contributed by atoms with E-state index in [1.54, 1.807) is 17.5 Å². The number of piperazine rings is 1. The summed E-state index contributed by atoms with van der Waals surface area (Å²) in [4.78, 5) is 17.1. The molecular formula is C24H26F3N7OS. The van der Waals surface area contributed by atoms with Crippen LogP contribution < -0.4 is 4.90 Å². The van der Waals surface area contributed by atoms with Crippen molar-refractivity contribution in [2.24, 2.45) is 0 Å². The number of thiophene rings is 1. The first-order valence-corrected chi connectivity index (χ1v) is 12.8. The van der Waals surface area contributed by atoms with Crippen LogP contribution in [0.4, 0.5) is 19.0 Å². The lowest BCUT2D eigenvalue weighted by Gasteiger charge is -2.34. The molecule has 0 aliphatic carbocycles. The SMILES string of the molecule is FC(F)(F)CN1CCN(Cc2cc3nc(-c4cccc5[nH]ncc45)nc(N4CCOCC4)c3s2)CC1. The summed E-state index contributed by atoms with van der Waals surface area (Å²) in [7, 11) is 0. The van der Waals surface area contributed by atoms with E-state index in [1.807, 2.05) is 18.2 Å². The number of ether oxygens (including phenoxy) is 1. The average Bonchev–Trinajstić information content (AvgIpc) is 3.51. The van der Waals surface area contributed by atoms with Crippen LogP contribution in [0.25, 0.3) is 32.5 Å². The molecule has 36 heavy (non-hydrogen) atoms. The van der Waals surface area contributed by atoms with Crippen LogP contribution in [0.3, 0.4) is 0 Å². The minimum Gasteiger partial charge on any atom is -0.378 e. The van der Waals surface area contributed by atoms with Crippen molar-refractivity contribution in [1.29, 1.82) is 0 Å². The smallest absolute Gasteiger partial charge is 0.378 e. The first-order chi connectivity index (χ1) is 17.4. The number of anilines is 1. The molecule has 190 valence electrons. The number of morpholine rings is 1. The molecule has 1 N–H and O–H groups in total. The Kier molecular flexibility index (Phi) is 6.28. The second kappa shape index (κ2) is 9.58. The highest BCUT2D eigenvalue weighted by molar-refractivity contribution is 7.19. The van der Waals surface area contributed by atoms with E-state index in [2.05, 4.69) is 26.1 Å². The number of H-pyrrole nitrogens is 1. The van der Waals surface area contributed by atoms with Gasteiger partial charge < -0.3 is 9.64 Å². The molecule has 5 heterocycles. The van der Waals surface area contributed by atoms with Crippen molar-refractivity contribution in [2.45, 2.75) is 12.7 Å². The van der Waals surface area contributed by atoms with Crippen molar-refractivity contribution in [3.05, 3.63) is 35.3 Å². The Labute approximate surface area is 209 Å². The summed E-state index contributed by atoms with van der Waals surface area (Å²) in [5, 5.41) is 8.16. The minimum absolute atomic E-state index is 0.419. The number of benzene rings is 1. The van der Waals surface area contributed by atoms with Crippen LogP contribution in [0, 0.1) is 0 Å². The summed E-state index contributed by atoms with van der Waals surface area (Å²) in [5.74, 6) is 1.56. The molecule has 0 amide bonds. The monoisotopic (exact) mass is 517 g/mol. The fraction of sp³-hybridized carbons (Fsp3) is 0.458. The maximum atomic E-state index is 12.7. The van der Waals surface area contributed by atoms with Crippen molar-refractivity contribution in [1.82, 2.24) is 30.0 Å². The zero-order chi connectivity index (χ0) is 24.7. The highest BCUT2D eigenvalue weighted by atomic mass is 32.1. The van der Waals surface area contributed by atoms with Gasteiger partial charge in [-0.1, -0.05) is 12.1 Å². The Hall–Kier alpha value is -2.80. The fourth-order valence-electron chi connectivity index (χ4n) is 4.89. The van der Waals surface area contributed by atoms with Crippen LogP contribution in [-0.4, -0.2) is 95.2 Å². The molecule has 0 bridgehead atoms. The summed E-state index contributed by atoms with van der Waals surface area (Å²) in [6.45, 7) is 4.73. The fourth-order valence-corrected chi connectivity index (χ4v) is 6.05. The highest BCUT2D eigenvalue weighted by Gasteiger charge is 2.32. The lowest BCUT2D eigenvalue weighted by atomic mass is 10.1. The molecule has 0 unspecified atom stereocenters. The molecule has 0 atom stereocenters. The Morgan fingerprint density at radius 1 is 1.00 bits per heavy atom. The predicted octanol–water partition coefficient (Wildman–Crippen LogP) is 3.75. The van der Waals surface area contributed by atoms with Crippen LogP contribution in [0.2, 0.25) is 0 Å². The van der Waals surface area contributed by atoms with Gasteiger partial charge in [-0.2, -0.15) is 18.3 Å². The van der Waals surface area contributed by atoms with Crippen LogP contribution in [0.15, 0.2) is 30.5 Å². The van der Waals surface area contributed by atoms with Gasteiger partial charge in [-0.3, -0.25) is 14.9 Å². The Morgan fingerprint density at radius 3 is 2.56 bits per heavy atom. The van der Waals surface area contributed by atoms with Gasteiger partial charge in [0.05, 0.1) is 41.7 Å². The van der Waals surface area contributed by atoms with Gasteiger partial charge in [0.25, 0.3) is 0 Å². The van der Waals surface area contributed by atoms with E-state index >= 15 is 0 Å². The molecule has 2 aliphatic heterocycles. The van der Waals surface area contributed by atoms with E-state index in [-0.39, 0.29) is 0 Å². The number of rotatable bonds is 5. The molecule has 0 radical (unpaired) electrons. The zero-order valence-electron chi connectivity index (χ0n) is 19.6. The van der Waals surface area contributed by atoms with Crippen LogP contribution in [-0.2, 0) is 11.3 Å². The van der Waals surface area contributed by atoms with Gasteiger partial charge in [-0.05, 0) is 12.1 Å². The standard InChI is InChI=1S/C24H26F3N7OS/c25-24(26,27)15-33-6-4-32(5-7-33)14-16-12-20-21(36-16)23(34-8-10-35-11-9-34)30-22(29-20)17-2-1-3-19-18(17)13-28-31-19/h1-3,12-13H,4-11,14-15H2,(H,28,31). The summed E-state index contributed by atoms with van der Waals surface area (Å²) in [6, 6.07) is 8.06. The van der Waals surface area contributed by atoms with Crippen molar-refractivity contribution < 1.29 is 17.9 Å². The molecule has 2 aliphatic rings. The normalized spacial score (nSPS) is 18.5. The van der Waals surface area contributed by atoms with Crippen LogP contribution in [0.1, 0.15) is 4.88 Å². The third kappa shape index (κ3) is 4.90. The Morgan fingerprint density at radius 2 is 1.78 bits per heavy atom. The lowest BCUT2D eigenvalue weighted by molar-refractivity contribution is -0.149. The zero-order valence-corrected chi connectivity index (χ0v) is 20.4. The Bertz CT molecular complexity index is 1360. The van der Waals surface area contributed by atoms with Gasteiger partial charge in [-0.25, -0.2) is 9.97 Å². The Balaban J connectivity index is 1.30. The number of hydrogen-bond acceptors (Lipinski definition) is 8. The molecule has 0 spiro atoms. The van der Waals surface area contributed by atoms with Crippen molar-refractivity contribution in [3.8, 4) is 11.4 Å². The molecule has 2 saturated heterocycles. The quantitative estimate of drug-likeness (QED) is 0.432. The molecule has 2 fully saturated rings. The number of alkyl halides is 3. The number of hydrogen-bond donors (Lipinski definition) is 1. The van der Waals surface area contributed by atoms with Gasteiger partial charge in [0.15, 0.2) is 11.6 Å². The van der Waals surface area contributed by atoms with E-state index in [9.17, 15) is 13.2 Å². The second-order valence-corrected chi connectivity index (χ2v) is 10.3. The number of aromatic nitrogens is 4. The molecule has 0 saturated carbocycles. The predicted molar refractivity (Wildman–Crippen MR) is 133 cm³/mol. The number of aromatic amines is 1. The molecular weight excluding hydrogens is 491 g/mol. The first kappa shape index (κ1) is 23.6. The van der Waals surface area contributed by atoms with Crippen LogP contribution >= 0.6 is 11.3 Å². The van der Waals surface area contributed by atoms with Gasteiger partial charge in [0.1, 0.15) is 0 Å². The number of nitrogens with one attached hydrogen (secondary N) is 1. The van der Waals surface area contributed by atoms with E-state index in [1.165, 1.54) is 4.90 Å². The van der Waals surface area contributed by atoms with E-state index in [0.717, 1.165) is 50.5 Å². The summed E-state index contributed by atoms with van der Waals surface area (Å²) >= 11 is 1.67. The number of fused-ring (bicyclic) bond motifs is 2. The third-order valence-electron chi connectivity index (χ3n) is 6.69. The molecule has 12 heteroatoms. The minimum atomic E-state index is -4.15. The molecule has 8 nitrogen and oxygen atoms in total. The van der Waals surface area contributed by atoms with Crippen molar-refractivity contribution in [2.75, 3.05) is 63.9 Å². The molecule has 6 rings (SSSR count). The van der Waals surface area contributed by atoms with Crippen LogP contribution in [0.5, 0.6) is 0 Å². The summed E-state index contributed by atoms with van der Waals surface area (Å²) in [5.41, 5.74) is 2.74. The van der Waals surface area contributed by atoms with Crippen molar-refractivity contribution >= 4 is 38.3 Å². The maximum Gasteiger partial charge on any atom is 0.401 e. The summed E-state index contributed by atoms with van der Waals surface area (Å²) in [6.07, 6.45) is -2.36. The highest BCUT2D eigenvalue weighted by Crippen LogP contribution is 2.36. The van der Waals surface area contributed by atoms with Gasteiger partial charge in [0.2, 0.25) is 0 Å². The average molecular weight is 518 g/mol. The largest absolute Gasteiger partial charge is 0.401 e. The van der Waals surface area contributed by atoms with Gasteiger partial charge in [-0.15, -0.1) is 11.3 Å². The first-order valence-electron chi connectivity index (χ1n) is 12.0. The van der Waals surface area contributed by atoms with E-state index in [4.69, 9.17) is 14.7 Å². The lowest BCUT2D eigenvalue weighted by Crippen LogP contribution is -2.48. The third-order valence-corrected chi connectivity index (χ3v) is 7.79. The second-order valence-electron chi connectivity index (χ2n) is 9.20. The van der Waals surface area contributed by atoms with Gasteiger partial charge in [0, 0.05) is 61.6 Å². The van der Waals surface area contributed by atoms with E-state index in [0.29, 0.717) is 51.8 Å².